The Morgan fingerprint density at radius 1 is 1.28 bits per heavy atom. The van der Waals surface area contributed by atoms with Gasteiger partial charge in [0.05, 0.1) is 13.4 Å². The van der Waals surface area contributed by atoms with Crippen molar-refractivity contribution in [3.63, 3.8) is 0 Å². The van der Waals surface area contributed by atoms with Gasteiger partial charge in [-0.1, -0.05) is 15.9 Å². The smallest absolute Gasteiger partial charge is 0.244 e. The minimum absolute atomic E-state index is 0.155. The highest BCUT2D eigenvalue weighted by Gasteiger charge is 2.07. The van der Waals surface area contributed by atoms with Gasteiger partial charge in [0, 0.05) is 35.6 Å². The molecule has 0 spiro atoms. The number of hydrogen-bond donors (Lipinski definition) is 2. The number of benzene rings is 1. The molecule has 1 aromatic carbocycles. The van der Waals surface area contributed by atoms with E-state index in [2.05, 4.69) is 26.6 Å². The highest BCUT2D eigenvalue weighted by atomic mass is 79.9. The maximum atomic E-state index is 11.9. The van der Waals surface area contributed by atoms with Gasteiger partial charge in [0.1, 0.15) is 11.5 Å². The molecule has 1 aromatic heterocycles. The molecule has 0 radical (unpaired) electrons. The summed E-state index contributed by atoms with van der Waals surface area (Å²) in [5.41, 5.74) is 0.871. The Labute approximate surface area is 154 Å². The van der Waals surface area contributed by atoms with Gasteiger partial charge in [0.2, 0.25) is 11.8 Å². The Kier molecular flexibility index (Phi) is 7.28. The summed E-state index contributed by atoms with van der Waals surface area (Å²) >= 11 is 3.39. The van der Waals surface area contributed by atoms with E-state index in [0.29, 0.717) is 18.1 Å². The van der Waals surface area contributed by atoms with Gasteiger partial charge in [-0.3, -0.25) is 9.59 Å². The van der Waals surface area contributed by atoms with Crippen molar-refractivity contribution in [1.82, 2.24) is 10.6 Å². The van der Waals surface area contributed by atoms with Gasteiger partial charge >= 0.3 is 0 Å². The van der Waals surface area contributed by atoms with Crippen molar-refractivity contribution in [2.75, 3.05) is 13.7 Å². The molecule has 6 nitrogen and oxygen atoms in total. The van der Waals surface area contributed by atoms with Crippen LogP contribution in [0, 0.1) is 0 Å². The van der Waals surface area contributed by atoms with E-state index in [1.807, 2.05) is 18.2 Å². The summed E-state index contributed by atoms with van der Waals surface area (Å²) in [6.07, 6.45) is 4.65. The number of amides is 2. The number of furan rings is 1. The SMILES string of the molecule is COc1ccc(Br)cc1CNC(=O)CCNC(=O)/C=C/c1ccco1. The molecule has 2 amide bonds. The number of carbonyl (C=O) groups excluding carboxylic acids is 2. The fourth-order valence-corrected chi connectivity index (χ4v) is 2.48. The van der Waals surface area contributed by atoms with Crippen LogP contribution in [0.15, 0.2) is 51.6 Å². The van der Waals surface area contributed by atoms with Gasteiger partial charge in [0.25, 0.3) is 0 Å². The van der Waals surface area contributed by atoms with Gasteiger partial charge in [-0.05, 0) is 36.4 Å². The minimum atomic E-state index is -0.280. The van der Waals surface area contributed by atoms with Crippen molar-refractivity contribution in [2.45, 2.75) is 13.0 Å². The van der Waals surface area contributed by atoms with Crippen molar-refractivity contribution in [1.29, 1.82) is 0 Å². The lowest BCUT2D eigenvalue weighted by atomic mass is 10.2. The highest BCUT2D eigenvalue weighted by Crippen LogP contribution is 2.22. The average Bonchev–Trinajstić information content (AvgIpc) is 3.12. The molecule has 0 saturated carbocycles. The van der Waals surface area contributed by atoms with Crippen LogP contribution in [0.3, 0.4) is 0 Å². The fraction of sp³-hybridized carbons (Fsp3) is 0.222. The predicted molar refractivity (Wildman–Crippen MR) is 97.9 cm³/mol. The molecular formula is C18H19BrN2O4. The number of nitrogens with one attached hydrogen (secondary N) is 2. The minimum Gasteiger partial charge on any atom is -0.496 e. The first-order chi connectivity index (χ1) is 12.1. The molecule has 25 heavy (non-hydrogen) atoms. The molecule has 0 atom stereocenters. The molecule has 0 saturated heterocycles. The molecule has 0 unspecified atom stereocenters. The van der Waals surface area contributed by atoms with Gasteiger partial charge in [-0.25, -0.2) is 0 Å². The Morgan fingerprint density at radius 2 is 2.12 bits per heavy atom. The first-order valence-electron chi connectivity index (χ1n) is 7.67. The second-order valence-corrected chi connectivity index (χ2v) is 6.04. The summed E-state index contributed by atoms with van der Waals surface area (Å²) in [5, 5.41) is 5.45. The first-order valence-corrected chi connectivity index (χ1v) is 8.46. The summed E-state index contributed by atoms with van der Waals surface area (Å²) in [5.74, 6) is 0.867. The van der Waals surface area contributed by atoms with Crippen LogP contribution < -0.4 is 15.4 Å². The van der Waals surface area contributed by atoms with Crippen LogP contribution >= 0.6 is 15.9 Å². The topological polar surface area (TPSA) is 80.6 Å². The molecule has 2 rings (SSSR count). The third kappa shape index (κ3) is 6.46. The normalized spacial score (nSPS) is 10.6. The third-order valence-electron chi connectivity index (χ3n) is 3.31. The fourth-order valence-electron chi connectivity index (χ4n) is 2.07. The number of hydrogen-bond acceptors (Lipinski definition) is 4. The number of halogens is 1. The molecule has 0 bridgehead atoms. The second kappa shape index (κ2) is 9.68. The zero-order chi connectivity index (χ0) is 18.1. The van der Waals surface area contributed by atoms with Gasteiger partial charge < -0.3 is 19.8 Å². The lowest BCUT2D eigenvalue weighted by Gasteiger charge is -2.10. The van der Waals surface area contributed by atoms with Crippen LogP contribution in [0.25, 0.3) is 6.08 Å². The number of rotatable bonds is 8. The Bertz CT molecular complexity index is 742. The van der Waals surface area contributed by atoms with E-state index in [4.69, 9.17) is 9.15 Å². The maximum Gasteiger partial charge on any atom is 0.244 e. The van der Waals surface area contributed by atoms with Crippen LogP contribution in [0.1, 0.15) is 17.7 Å². The Hall–Kier alpha value is -2.54. The van der Waals surface area contributed by atoms with Crippen molar-refractivity contribution < 1.29 is 18.7 Å². The van der Waals surface area contributed by atoms with Crippen molar-refractivity contribution >= 4 is 33.8 Å². The zero-order valence-electron chi connectivity index (χ0n) is 13.8. The standard InChI is InChI=1S/C18H19BrN2O4/c1-24-16-6-4-14(19)11-13(16)12-21-18(23)8-9-20-17(22)7-5-15-3-2-10-25-15/h2-7,10-11H,8-9,12H2,1H3,(H,20,22)(H,21,23)/b7-5+. The number of ether oxygens (including phenoxy) is 1. The summed E-state index contributed by atoms with van der Waals surface area (Å²) in [6.45, 7) is 0.608. The molecule has 132 valence electrons. The molecule has 0 aliphatic carbocycles. The van der Waals surface area contributed by atoms with E-state index >= 15 is 0 Å². The van der Waals surface area contributed by atoms with E-state index in [9.17, 15) is 9.59 Å². The lowest BCUT2D eigenvalue weighted by Crippen LogP contribution is -2.29. The van der Waals surface area contributed by atoms with E-state index in [1.165, 1.54) is 12.3 Å². The van der Waals surface area contributed by atoms with Gasteiger partial charge in [0.15, 0.2) is 0 Å². The van der Waals surface area contributed by atoms with E-state index in [-0.39, 0.29) is 24.8 Å². The van der Waals surface area contributed by atoms with Crippen LogP contribution in [-0.2, 0) is 16.1 Å². The molecule has 2 aromatic rings. The van der Waals surface area contributed by atoms with E-state index in [1.54, 1.807) is 25.3 Å². The van der Waals surface area contributed by atoms with E-state index in [0.717, 1.165) is 10.0 Å². The predicted octanol–water partition coefficient (Wildman–Crippen LogP) is 2.89. The van der Waals surface area contributed by atoms with Crippen molar-refractivity contribution in [3.05, 3.63) is 58.5 Å². The molecule has 0 aliphatic rings. The lowest BCUT2D eigenvalue weighted by molar-refractivity contribution is -0.121. The van der Waals surface area contributed by atoms with Crippen LogP contribution in [-0.4, -0.2) is 25.5 Å². The second-order valence-electron chi connectivity index (χ2n) is 5.12. The number of methoxy groups -OCH3 is 1. The molecule has 1 heterocycles. The summed E-state index contributed by atoms with van der Waals surface area (Å²) < 4.78 is 11.3. The molecular weight excluding hydrogens is 388 g/mol. The number of carbonyl (C=O) groups is 2. The summed E-state index contributed by atoms with van der Waals surface area (Å²) in [6, 6.07) is 9.07. The first kappa shape index (κ1) is 18.8. The zero-order valence-corrected chi connectivity index (χ0v) is 15.3. The van der Waals surface area contributed by atoms with Crippen LogP contribution in [0.4, 0.5) is 0 Å². The molecule has 2 N–H and O–H groups in total. The average molecular weight is 407 g/mol. The quantitative estimate of drug-likeness (QED) is 0.660. The van der Waals surface area contributed by atoms with Gasteiger partial charge in [-0.2, -0.15) is 0 Å². The molecule has 0 aliphatic heterocycles. The summed E-state index contributed by atoms with van der Waals surface area (Å²) in [7, 11) is 1.58. The van der Waals surface area contributed by atoms with Crippen LogP contribution in [0.5, 0.6) is 5.75 Å². The largest absolute Gasteiger partial charge is 0.496 e. The van der Waals surface area contributed by atoms with Crippen molar-refractivity contribution in [2.24, 2.45) is 0 Å². The Balaban J connectivity index is 1.70. The van der Waals surface area contributed by atoms with Crippen molar-refractivity contribution in [3.8, 4) is 5.75 Å². The molecule has 0 fully saturated rings. The van der Waals surface area contributed by atoms with Gasteiger partial charge in [-0.15, -0.1) is 0 Å². The summed E-state index contributed by atoms with van der Waals surface area (Å²) in [4.78, 5) is 23.5. The van der Waals surface area contributed by atoms with Crippen LogP contribution in [0.2, 0.25) is 0 Å². The third-order valence-corrected chi connectivity index (χ3v) is 3.81. The monoisotopic (exact) mass is 406 g/mol. The maximum absolute atomic E-state index is 11.9. The molecule has 7 heteroatoms. The van der Waals surface area contributed by atoms with E-state index < -0.39 is 0 Å². The Morgan fingerprint density at radius 3 is 2.84 bits per heavy atom. The highest BCUT2D eigenvalue weighted by molar-refractivity contribution is 9.10.